The third-order valence-electron chi connectivity index (χ3n) is 4.07. The predicted molar refractivity (Wildman–Crippen MR) is 84.2 cm³/mol. The molecular formula is C15H20FN3OS. The Labute approximate surface area is 129 Å². The standard InChI is InChI=1S/C15H20FN3OS/c16-12-1-2-14-11(7-12)8-13(20-14)9-18-3-5-19(6-4-18)10-15(17)21/h1-2,7,13H,3-6,8-10H2,(H2,17,21). The molecule has 1 saturated heterocycles. The highest BCUT2D eigenvalue weighted by atomic mass is 32.1. The molecule has 3 rings (SSSR count). The Morgan fingerprint density at radius 1 is 1.29 bits per heavy atom. The van der Waals surface area contributed by atoms with Gasteiger partial charge in [-0.05, 0) is 18.2 Å². The smallest absolute Gasteiger partial charge is 0.123 e. The minimum Gasteiger partial charge on any atom is -0.488 e. The zero-order chi connectivity index (χ0) is 14.8. The van der Waals surface area contributed by atoms with Crippen molar-refractivity contribution < 1.29 is 9.13 Å². The van der Waals surface area contributed by atoms with Crippen molar-refractivity contribution in [1.82, 2.24) is 9.80 Å². The molecule has 0 aliphatic carbocycles. The molecule has 0 saturated carbocycles. The quantitative estimate of drug-likeness (QED) is 0.842. The summed E-state index contributed by atoms with van der Waals surface area (Å²) in [6.45, 7) is 5.53. The summed E-state index contributed by atoms with van der Waals surface area (Å²) in [6, 6.07) is 4.76. The van der Waals surface area contributed by atoms with Crippen LogP contribution in [0.2, 0.25) is 0 Å². The second kappa shape index (κ2) is 6.25. The molecule has 1 fully saturated rings. The Morgan fingerprint density at radius 2 is 2.00 bits per heavy atom. The molecule has 0 bridgehead atoms. The summed E-state index contributed by atoms with van der Waals surface area (Å²) in [5.41, 5.74) is 6.56. The Bertz CT molecular complexity index is 532. The van der Waals surface area contributed by atoms with Gasteiger partial charge in [-0.15, -0.1) is 0 Å². The van der Waals surface area contributed by atoms with Gasteiger partial charge in [0.15, 0.2) is 0 Å². The predicted octanol–water partition coefficient (Wildman–Crippen LogP) is 1.03. The van der Waals surface area contributed by atoms with Crippen LogP contribution in [-0.4, -0.2) is 60.2 Å². The summed E-state index contributed by atoms with van der Waals surface area (Å²) in [7, 11) is 0. The van der Waals surface area contributed by atoms with Crippen LogP contribution in [-0.2, 0) is 6.42 Å². The number of fused-ring (bicyclic) bond motifs is 1. The van der Waals surface area contributed by atoms with E-state index in [2.05, 4.69) is 9.80 Å². The van der Waals surface area contributed by atoms with Gasteiger partial charge in [0.05, 0.1) is 4.99 Å². The fourth-order valence-corrected chi connectivity index (χ4v) is 3.21. The summed E-state index contributed by atoms with van der Waals surface area (Å²) in [6.07, 6.45) is 0.921. The van der Waals surface area contributed by atoms with Crippen molar-refractivity contribution in [2.75, 3.05) is 39.3 Å². The summed E-state index contributed by atoms with van der Waals surface area (Å²) in [5, 5.41) is 0. The van der Waals surface area contributed by atoms with E-state index >= 15 is 0 Å². The van der Waals surface area contributed by atoms with Crippen molar-refractivity contribution >= 4 is 17.2 Å². The molecule has 6 heteroatoms. The van der Waals surface area contributed by atoms with E-state index in [1.807, 2.05) is 0 Å². The van der Waals surface area contributed by atoms with E-state index in [0.29, 0.717) is 11.5 Å². The Balaban J connectivity index is 1.48. The van der Waals surface area contributed by atoms with Gasteiger partial charge in [0.1, 0.15) is 17.7 Å². The van der Waals surface area contributed by atoms with Crippen LogP contribution in [0.4, 0.5) is 4.39 Å². The summed E-state index contributed by atoms with van der Waals surface area (Å²) in [4.78, 5) is 5.22. The molecule has 0 radical (unpaired) electrons. The molecule has 1 atom stereocenters. The lowest BCUT2D eigenvalue weighted by Gasteiger charge is -2.35. The van der Waals surface area contributed by atoms with Crippen molar-refractivity contribution in [3.8, 4) is 5.75 Å². The van der Waals surface area contributed by atoms with E-state index in [-0.39, 0.29) is 11.9 Å². The molecule has 2 heterocycles. The third-order valence-corrected chi connectivity index (χ3v) is 4.20. The first kappa shape index (κ1) is 14.7. The largest absolute Gasteiger partial charge is 0.488 e. The van der Waals surface area contributed by atoms with Gasteiger partial charge in [-0.2, -0.15) is 0 Å². The number of piperazine rings is 1. The first-order valence-corrected chi connectivity index (χ1v) is 7.69. The lowest BCUT2D eigenvalue weighted by atomic mass is 10.1. The van der Waals surface area contributed by atoms with E-state index in [1.165, 1.54) is 6.07 Å². The number of nitrogens with zero attached hydrogens (tertiary/aromatic N) is 2. The van der Waals surface area contributed by atoms with Crippen LogP contribution in [0.1, 0.15) is 5.56 Å². The first-order valence-electron chi connectivity index (χ1n) is 7.28. The number of benzene rings is 1. The fraction of sp³-hybridized carbons (Fsp3) is 0.533. The molecule has 1 unspecified atom stereocenters. The minimum atomic E-state index is -0.190. The summed E-state index contributed by atoms with van der Waals surface area (Å²) in [5.74, 6) is 0.637. The number of hydrogen-bond donors (Lipinski definition) is 1. The molecule has 1 aromatic carbocycles. The highest BCUT2D eigenvalue weighted by Crippen LogP contribution is 2.29. The summed E-state index contributed by atoms with van der Waals surface area (Å²) < 4.78 is 19.1. The second-order valence-corrected chi connectivity index (χ2v) is 6.26. The Hall–Kier alpha value is -1.24. The Kier molecular flexibility index (Phi) is 4.37. The van der Waals surface area contributed by atoms with Gasteiger partial charge < -0.3 is 10.5 Å². The highest BCUT2D eigenvalue weighted by Gasteiger charge is 2.27. The molecule has 2 N–H and O–H groups in total. The summed E-state index contributed by atoms with van der Waals surface area (Å²) >= 11 is 4.94. The van der Waals surface area contributed by atoms with Gasteiger partial charge in [0.2, 0.25) is 0 Å². The average Bonchev–Trinajstić information content (AvgIpc) is 2.82. The molecule has 21 heavy (non-hydrogen) atoms. The van der Waals surface area contributed by atoms with Crippen LogP contribution in [0.15, 0.2) is 18.2 Å². The lowest BCUT2D eigenvalue weighted by molar-refractivity contribution is 0.0994. The van der Waals surface area contributed by atoms with Gasteiger partial charge in [-0.3, -0.25) is 9.80 Å². The zero-order valence-corrected chi connectivity index (χ0v) is 12.7. The SMILES string of the molecule is NC(=S)CN1CCN(CC2Cc3cc(F)ccc3O2)CC1. The molecule has 2 aliphatic heterocycles. The molecular weight excluding hydrogens is 289 g/mol. The molecule has 114 valence electrons. The topological polar surface area (TPSA) is 41.7 Å². The lowest BCUT2D eigenvalue weighted by Crippen LogP contribution is -2.50. The van der Waals surface area contributed by atoms with E-state index in [1.54, 1.807) is 12.1 Å². The average molecular weight is 309 g/mol. The molecule has 0 aromatic heterocycles. The maximum absolute atomic E-state index is 13.2. The molecule has 4 nitrogen and oxygen atoms in total. The van der Waals surface area contributed by atoms with Crippen molar-refractivity contribution in [1.29, 1.82) is 0 Å². The van der Waals surface area contributed by atoms with Gasteiger partial charge in [0, 0.05) is 51.3 Å². The number of thiocarbonyl (C=S) groups is 1. The number of rotatable bonds is 4. The molecule has 1 aromatic rings. The first-order chi connectivity index (χ1) is 10.1. The normalized spacial score (nSPS) is 22.8. The van der Waals surface area contributed by atoms with Gasteiger partial charge in [0.25, 0.3) is 0 Å². The third kappa shape index (κ3) is 3.70. The fourth-order valence-electron chi connectivity index (χ4n) is 3.03. The highest BCUT2D eigenvalue weighted by molar-refractivity contribution is 7.80. The van der Waals surface area contributed by atoms with E-state index < -0.39 is 0 Å². The van der Waals surface area contributed by atoms with Crippen LogP contribution < -0.4 is 10.5 Å². The van der Waals surface area contributed by atoms with Gasteiger partial charge in [-0.1, -0.05) is 12.2 Å². The molecule has 0 amide bonds. The van der Waals surface area contributed by atoms with Crippen molar-refractivity contribution in [3.63, 3.8) is 0 Å². The van der Waals surface area contributed by atoms with E-state index in [9.17, 15) is 4.39 Å². The van der Waals surface area contributed by atoms with Crippen LogP contribution in [0.5, 0.6) is 5.75 Å². The van der Waals surface area contributed by atoms with Crippen LogP contribution in [0.3, 0.4) is 0 Å². The van der Waals surface area contributed by atoms with Crippen LogP contribution >= 0.6 is 12.2 Å². The van der Waals surface area contributed by atoms with Gasteiger partial charge in [-0.25, -0.2) is 4.39 Å². The number of nitrogens with two attached hydrogens (primary N) is 1. The minimum absolute atomic E-state index is 0.129. The van der Waals surface area contributed by atoms with Crippen molar-refractivity contribution in [2.45, 2.75) is 12.5 Å². The van der Waals surface area contributed by atoms with Gasteiger partial charge >= 0.3 is 0 Å². The number of halogens is 1. The van der Waals surface area contributed by atoms with E-state index in [4.69, 9.17) is 22.7 Å². The number of ether oxygens (including phenoxy) is 1. The zero-order valence-electron chi connectivity index (χ0n) is 11.9. The van der Waals surface area contributed by atoms with Crippen LogP contribution in [0, 0.1) is 5.82 Å². The maximum atomic E-state index is 13.2. The van der Waals surface area contributed by atoms with Crippen LogP contribution in [0.25, 0.3) is 0 Å². The molecule has 2 aliphatic rings. The van der Waals surface area contributed by atoms with Crippen molar-refractivity contribution in [2.24, 2.45) is 5.73 Å². The second-order valence-electron chi connectivity index (χ2n) is 5.74. The van der Waals surface area contributed by atoms with Crippen molar-refractivity contribution in [3.05, 3.63) is 29.6 Å². The maximum Gasteiger partial charge on any atom is 0.123 e. The molecule has 0 spiro atoms. The van der Waals surface area contributed by atoms with E-state index in [0.717, 1.165) is 50.5 Å². The number of hydrogen-bond acceptors (Lipinski definition) is 4. The monoisotopic (exact) mass is 309 g/mol. The Morgan fingerprint density at radius 3 is 2.71 bits per heavy atom.